The van der Waals surface area contributed by atoms with Crippen LogP contribution in [0.3, 0.4) is 0 Å². The summed E-state index contributed by atoms with van der Waals surface area (Å²) in [6.07, 6.45) is 4.67. The Hall–Kier alpha value is -0.900. The number of nitrogens with one attached hydrogen (secondary N) is 1. The summed E-state index contributed by atoms with van der Waals surface area (Å²) in [5, 5.41) is 7.29. The average molecular weight is 194 g/mol. The molecule has 2 rings (SSSR count). The Labute approximate surface area is 84.3 Å². The molecule has 1 saturated carbocycles. The van der Waals surface area contributed by atoms with Crippen LogP contribution < -0.4 is 5.73 Å². The third kappa shape index (κ3) is 2.12. The van der Waals surface area contributed by atoms with Crippen LogP contribution in [0, 0.1) is 0 Å². The van der Waals surface area contributed by atoms with Crippen molar-refractivity contribution in [1.82, 2.24) is 15.2 Å². The third-order valence-electron chi connectivity index (χ3n) is 2.77. The maximum Gasteiger partial charge on any atom is 0.153 e. The van der Waals surface area contributed by atoms with Crippen molar-refractivity contribution in [2.75, 3.05) is 6.54 Å². The Bertz CT molecular complexity index is 290. The van der Waals surface area contributed by atoms with Gasteiger partial charge in [-0.25, -0.2) is 4.98 Å². The van der Waals surface area contributed by atoms with Gasteiger partial charge in [0, 0.05) is 11.8 Å². The Morgan fingerprint density at radius 2 is 2.36 bits per heavy atom. The predicted molar refractivity (Wildman–Crippen MR) is 55.1 cm³/mol. The van der Waals surface area contributed by atoms with Crippen molar-refractivity contribution in [1.29, 1.82) is 0 Å². The zero-order valence-corrected chi connectivity index (χ0v) is 8.66. The molecule has 1 aliphatic rings. The van der Waals surface area contributed by atoms with Gasteiger partial charge in [-0.15, -0.1) is 0 Å². The molecule has 1 aromatic heterocycles. The number of aromatic nitrogens is 3. The number of aromatic amines is 1. The van der Waals surface area contributed by atoms with Gasteiger partial charge in [0.05, 0.1) is 0 Å². The van der Waals surface area contributed by atoms with Crippen LogP contribution in [0.25, 0.3) is 0 Å². The Morgan fingerprint density at radius 3 is 3.00 bits per heavy atom. The van der Waals surface area contributed by atoms with Gasteiger partial charge in [-0.1, -0.05) is 6.92 Å². The van der Waals surface area contributed by atoms with Crippen LogP contribution in [0.15, 0.2) is 0 Å². The van der Waals surface area contributed by atoms with E-state index in [2.05, 4.69) is 22.1 Å². The van der Waals surface area contributed by atoms with Gasteiger partial charge in [-0.3, -0.25) is 5.10 Å². The fourth-order valence-corrected chi connectivity index (χ4v) is 1.60. The number of nitrogens with two attached hydrogens (primary N) is 1. The van der Waals surface area contributed by atoms with E-state index in [9.17, 15) is 0 Å². The first kappa shape index (κ1) is 9.65. The molecule has 0 radical (unpaired) electrons. The SMILES string of the molecule is CC(CCCN)c1n[nH]c(C2CC2)n1. The molecule has 0 spiro atoms. The number of H-pyrrole nitrogens is 1. The van der Waals surface area contributed by atoms with E-state index >= 15 is 0 Å². The van der Waals surface area contributed by atoms with Crippen molar-refractivity contribution in [2.24, 2.45) is 5.73 Å². The zero-order chi connectivity index (χ0) is 9.97. The lowest BCUT2D eigenvalue weighted by molar-refractivity contribution is 0.610. The number of nitrogens with zero attached hydrogens (tertiary/aromatic N) is 2. The zero-order valence-electron chi connectivity index (χ0n) is 8.66. The summed E-state index contributed by atoms with van der Waals surface area (Å²) < 4.78 is 0. The van der Waals surface area contributed by atoms with E-state index in [1.165, 1.54) is 12.8 Å². The molecule has 4 nitrogen and oxygen atoms in total. The van der Waals surface area contributed by atoms with Crippen LogP contribution in [0.1, 0.15) is 56.1 Å². The molecule has 1 aromatic rings. The van der Waals surface area contributed by atoms with E-state index < -0.39 is 0 Å². The summed E-state index contributed by atoms with van der Waals surface area (Å²) >= 11 is 0. The van der Waals surface area contributed by atoms with Gasteiger partial charge in [0.2, 0.25) is 0 Å². The first-order valence-corrected chi connectivity index (χ1v) is 5.43. The molecule has 78 valence electrons. The van der Waals surface area contributed by atoms with Gasteiger partial charge in [0.15, 0.2) is 5.82 Å². The minimum atomic E-state index is 0.433. The molecule has 1 atom stereocenters. The number of hydrogen-bond acceptors (Lipinski definition) is 3. The van der Waals surface area contributed by atoms with Gasteiger partial charge in [-0.2, -0.15) is 5.10 Å². The first-order valence-electron chi connectivity index (χ1n) is 5.43. The topological polar surface area (TPSA) is 67.6 Å². The molecular weight excluding hydrogens is 176 g/mol. The highest BCUT2D eigenvalue weighted by Crippen LogP contribution is 2.38. The minimum absolute atomic E-state index is 0.433. The molecule has 0 bridgehead atoms. The molecule has 14 heavy (non-hydrogen) atoms. The monoisotopic (exact) mass is 194 g/mol. The molecule has 1 aliphatic carbocycles. The Balaban J connectivity index is 1.93. The molecule has 0 amide bonds. The summed E-state index contributed by atoms with van der Waals surface area (Å²) in [7, 11) is 0. The van der Waals surface area contributed by atoms with Crippen molar-refractivity contribution >= 4 is 0 Å². The molecule has 0 saturated heterocycles. The van der Waals surface area contributed by atoms with Gasteiger partial charge in [-0.05, 0) is 32.2 Å². The van der Waals surface area contributed by atoms with E-state index in [-0.39, 0.29) is 0 Å². The quantitative estimate of drug-likeness (QED) is 0.746. The smallest absolute Gasteiger partial charge is 0.153 e. The van der Waals surface area contributed by atoms with Crippen LogP contribution in [0.2, 0.25) is 0 Å². The van der Waals surface area contributed by atoms with Crippen LogP contribution in [-0.4, -0.2) is 21.7 Å². The Kier molecular flexibility index (Phi) is 2.82. The fraction of sp³-hybridized carbons (Fsp3) is 0.800. The molecule has 3 N–H and O–H groups in total. The summed E-state index contributed by atoms with van der Waals surface area (Å²) in [5.74, 6) is 3.14. The highest BCUT2D eigenvalue weighted by Gasteiger charge is 2.27. The van der Waals surface area contributed by atoms with E-state index in [1.807, 2.05) is 0 Å². The minimum Gasteiger partial charge on any atom is -0.330 e. The normalized spacial score (nSPS) is 18.4. The number of hydrogen-bond donors (Lipinski definition) is 2. The van der Waals surface area contributed by atoms with Crippen molar-refractivity contribution < 1.29 is 0 Å². The summed E-state index contributed by atoms with van der Waals surface area (Å²) in [6, 6.07) is 0. The highest BCUT2D eigenvalue weighted by molar-refractivity contribution is 5.06. The molecular formula is C10H18N4. The third-order valence-corrected chi connectivity index (χ3v) is 2.77. The molecule has 1 fully saturated rings. The van der Waals surface area contributed by atoms with Gasteiger partial charge >= 0.3 is 0 Å². The lowest BCUT2D eigenvalue weighted by atomic mass is 10.1. The lowest BCUT2D eigenvalue weighted by Gasteiger charge is -2.04. The van der Waals surface area contributed by atoms with Gasteiger partial charge in [0.1, 0.15) is 5.82 Å². The van der Waals surface area contributed by atoms with E-state index in [4.69, 9.17) is 5.73 Å². The number of rotatable bonds is 5. The molecule has 0 aromatic carbocycles. The Morgan fingerprint density at radius 1 is 1.57 bits per heavy atom. The second-order valence-corrected chi connectivity index (χ2v) is 4.19. The van der Waals surface area contributed by atoms with Crippen molar-refractivity contribution in [3.05, 3.63) is 11.6 Å². The summed E-state index contributed by atoms with van der Waals surface area (Å²) in [6.45, 7) is 2.92. The molecule has 1 heterocycles. The van der Waals surface area contributed by atoms with E-state index in [0.29, 0.717) is 11.8 Å². The standard InChI is InChI=1S/C10H18N4/c1-7(3-2-6-11)9-12-10(14-13-9)8-4-5-8/h7-8H,2-6,11H2,1H3,(H,12,13,14). The van der Waals surface area contributed by atoms with Crippen molar-refractivity contribution in [2.45, 2.75) is 44.4 Å². The lowest BCUT2D eigenvalue weighted by Crippen LogP contribution is -2.03. The largest absolute Gasteiger partial charge is 0.330 e. The summed E-state index contributed by atoms with van der Waals surface area (Å²) in [4.78, 5) is 4.52. The second kappa shape index (κ2) is 4.09. The molecule has 1 unspecified atom stereocenters. The van der Waals surface area contributed by atoms with Gasteiger partial charge < -0.3 is 5.73 Å². The molecule has 0 aliphatic heterocycles. The maximum atomic E-state index is 5.47. The first-order chi connectivity index (χ1) is 6.81. The van der Waals surface area contributed by atoms with Crippen LogP contribution in [0.5, 0.6) is 0 Å². The van der Waals surface area contributed by atoms with Crippen molar-refractivity contribution in [3.8, 4) is 0 Å². The van der Waals surface area contributed by atoms with Crippen molar-refractivity contribution in [3.63, 3.8) is 0 Å². The second-order valence-electron chi connectivity index (χ2n) is 4.19. The van der Waals surface area contributed by atoms with Crippen LogP contribution in [0.4, 0.5) is 0 Å². The van der Waals surface area contributed by atoms with E-state index in [1.54, 1.807) is 0 Å². The highest BCUT2D eigenvalue weighted by atomic mass is 15.2. The predicted octanol–water partition coefficient (Wildman–Crippen LogP) is 1.52. The van der Waals surface area contributed by atoms with Gasteiger partial charge in [0.25, 0.3) is 0 Å². The average Bonchev–Trinajstić information content (AvgIpc) is 2.93. The fourth-order valence-electron chi connectivity index (χ4n) is 1.60. The maximum absolute atomic E-state index is 5.47. The van der Waals surface area contributed by atoms with E-state index in [0.717, 1.165) is 31.0 Å². The summed E-state index contributed by atoms with van der Waals surface area (Å²) in [5.41, 5.74) is 5.47. The van der Waals surface area contributed by atoms with Crippen LogP contribution >= 0.6 is 0 Å². The molecule has 4 heteroatoms. The van der Waals surface area contributed by atoms with Crippen LogP contribution in [-0.2, 0) is 0 Å².